The van der Waals surface area contributed by atoms with Crippen molar-refractivity contribution in [2.75, 3.05) is 13.1 Å². The molecule has 18 heavy (non-hydrogen) atoms. The Kier molecular flexibility index (Phi) is 4.35. The van der Waals surface area contributed by atoms with E-state index >= 15 is 0 Å². The summed E-state index contributed by atoms with van der Waals surface area (Å²) in [7, 11) is 0. The molecule has 1 aliphatic rings. The summed E-state index contributed by atoms with van der Waals surface area (Å²) in [4.78, 5) is 13.0. The molecule has 0 aliphatic carbocycles. The van der Waals surface area contributed by atoms with Gasteiger partial charge in [0, 0.05) is 23.1 Å². The zero-order valence-corrected chi connectivity index (χ0v) is 11.5. The minimum absolute atomic E-state index is 0.240. The number of likely N-dealkylation sites (tertiary alicyclic amines) is 1. The largest absolute Gasteiger partial charge is 0.481 e. The highest BCUT2D eigenvalue weighted by atomic mass is 79.9. The van der Waals surface area contributed by atoms with Gasteiger partial charge < -0.3 is 5.11 Å². The van der Waals surface area contributed by atoms with E-state index in [1.54, 1.807) is 12.1 Å². The number of hydrogen-bond donors (Lipinski definition) is 1. The highest BCUT2D eigenvalue weighted by Gasteiger charge is 2.25. The first-order chi connectivity index (χ1) is 8.56. The number of benzene rings is 1. The summed E-state index contributed by atoms with van der Waals surface area (Å²) in [6.07, 6.45) is 1.57. The number of carbonyl (C=O) groups is 1. The summed E-state index contributed by atoms with van der Waals surface area (Å²) in [6.45, 7) is 1.80. The van der Waals surface area contributed by atoms with Gasteiger partial charge in [-0.2, -0.15) is 0 Å². The van der Waals surface area contributed by atoms with Crippen molar-refractivity contribution in [3.8, 4) is 0 Å². The lowest BCUT2D eigenvalue weighted by Crippen LogP contribution is -2.38. The molecule has 2 rings (SSSR count). The van der Waals surface area contributed by atoms with Gasteiger partial charge in [-0.25, -0.2) is 4.39 Å². The zero-order chi connectivity index (χ0) is 13.1. The number of rotatable bonds is 3. The fourth-order valence-electron chi connectivity index (χ4n) is 2.31. The monoisotopic (exact) mass is 315 g/mol. The number of carboxylic acids is 1. The van der Waals surface area contributed by atoms with Crippen LogP contribution >= 0.6 is 15.9 Å². The molecule has 0 amide bonds. The molecule has 1 aromatic rings. The van der Waals surface area contributed by atoms with E-state index in [4.69, 9.17) is 5.11 Å². The molecule has 5 heteroatoms. The fraction of sp³-hybridized carbons (Fsp3) is 0.462. The fourth-order valence-corrected chi connectivity index (χ4v) is 2.71. The van der Waals surface area contributed by atoms with Gasteiger partial charge in [0.15, 0.2) is 0 Å². The van der Waals surface area contributed by atoms with E-state index in [-0.39, 0.29) is 11.7 Å². The summed E-state index contributed by atoms with van der Waals surface area (Å²) < 4.78 is 14.5. The molecule has 0 bridgehead atoms. The molecule has 0 unspecified atom stereocenters. The maximum Gasteiger partial charge on any atom is 0.307 e. The Morgan fingerprint density at radius 1 is 1.56 bits per heavy atom. The first-order valence-electron chi connectivity index (χ1n) is 5.95. The number of nitrogens with zero attached hydrogens (tertiary/aromatic N) is 1. The molecule has 0 radical (unpaired) electrons. The van der Waals surface area contributed by atoms with Crippen LogP contribution in [0, 0.1) is 11.7 Å². The topological polar surface area (TPSA) is 40.5 Å². The molecule has 1 fully saturated rings. The van der Waals surface area contributed by atoms with E-state index in [1.807, 2.05) is 4.90 Å². The van der Waals surface area contributed by atoms with Gasteiger partial charge in [-0.05, 0) is 37.6 Å². The number of piperidine rings is 1. The molecular formula is C13H15BrFNO2. The first-order valence-corrected chi connectivity index (χ1v) is 6.74. The molecule has 0 spiro atoms. The van der Waals surface area contributed by atoms with Crippen LogP contribution in [-0.4, -0.2) is 29.1 Å². The number of aliphatic carboxylic acids is 1. The Labute approximate surface area is 114 Å². The lowest BCUT2D eigenvalue weighted by Gasteiger charge is -2.30. The third-order valence-electron chi connectivity index (χ3n) is 3.26. The van der Waals surface area contributed by atoms with Crippen LogP contribution in [-0.2, 0) is 11.3 Å². The standard InChI is InChI=1S/C13H15BrFNO2/c14-11-3-4-12(15)10(6-11)8-16-5-1-2-9(7-16)13(17)18/h3-4,6,9H,1-2,5,7-8H2,(H,17,18)/t9-/m1/s1. The molecule has 1 N–H and O–H groups in total. The van der Waals surface area contributed by atoms with Crippen LogP contribution in [0.5, 0.6) is 0 Å². The predicted octanol–water partition coefficient (Wildman–Crippen LogP) is 2.88. The van der Waals surface area contributed by atoms with E-state index in [1.165, 1.54) is 6.07 Å². The third kappa shape index (κ3) is 3.29. The van der Waals surface area contributed by atoms with Gasteiger partial charge in [-0.1, -0.05) is 15.9 Å². The van der Waals surface area contributed by atoms with E-state index < -0.39 is 5.97 Å². The van der Waals surface area contributed by atoms with Crippen LogP contribution in [0.1, 0.15) is 18.4 Å². The zero-order valence-electron chi connectivity index (χ0n) is 9.90. The van der Waals surface area contributed by atoms with Gasteiger partial charge >= 0.3 is 5.97 Å². The van der Waals surface area contributed by atoms with Gasteiger partial charge in [-0.3, -0.25) is 9.69 Å². The van der Waals surface area contributed by atoms with Crippen molar-refractivity contribution in [1.29, 1.82) is 0 Å². The molecule has 1 atom stereocenters. The van der Waals surface area contributed by atoms with E-state index in [0.29, 0.717) is 25.1 Å². The van der Waals surface area contributed by atoms with Crippen LogP contribution in [0.4, 0.5) is 4.39 Å². The van der Waals surface area contributed by atoms with E-state index in [9.17, 15) is 9.18 Å². The lowest BCUT2D eigenvalue weighted by molar-refractivity contribution is -0.143. The molecule has 1 heterocycles. The second-order valence-electron chi connectivity index (χ2n) is 4.65. The Hall–Kier alpha value is -0.940. The third-order valence-corrected chi connectivity index (χ3v) is 3.75. The molecule has 3 nitrogen and oxygen atoms in total. The number of hydrogen-bond acceptors (Lipinski definition) is 2. The van der Waals surface area contributed by atoms with Crippen LogP contribution in [0.25, 0.3) is 0 Å². The van der Waals surface area contributed by atoms with Gasteiger partial charge in [0.05, 0.1) is 5.92 Å². The summed E-state index contributed by atoms with van der Waals surface area (Å²) >= 11 is 3.32. The minimum Gasteiger partial charge on any atom is -0.481 e. The predicted molar refractivity (Wildman–Crippen MR) is 69.7 cm³/mol. The summed E-state index contributed by atoms with van der Waals surface area (Å²) in [6, 6.07) is 4.84. The van der Waals surface area contributed by atoms with Crippen molar-refractivity contribution in [2.45, 2.75) is 19.4 Å². The van der Waals surface area contributed by atoms with Gasteiger partial charge in [0.2, 0.25) is 0 Å². The Balaban J connectivity index is 2.04. The smallest absolute Gasteiger partial charge is 0.307 e. The summed E-state index contributed by atoms with van der Waals surface area (Å²) in [5.41, 5.74) is 0.607. The Morgan fingerprint density at radius 2 is 2.33 bits per heavy atom. The second kappa shape index (κ2) is 5.80. The quantitative estimate of drug-likeness (QED) is 0.932. The van der Waals surface area contributed by atoms with Crippen molar-refractivity contribution < 1.29 is 14.3 Å². The molecule has 98 valence electrons. The molecule has 1 aliphatic heterocycles. The van der Waals surface area contributed by atoms with Crippen LogP contribution < -0.4 is 0 Å². The van der Waals surface area contributed by atoms with E-state index in [0.717, 1.165) is 17.4 Å². The van der Waals surface area contributed by atoms with Gasteiger partial charge in [0.25, 0.3) is 0 Å². The first kappa shape index (κ1) is 13.5. The Bertz CT molecular complexity index is 453. The normalized spacial score (nSPS) is 20.9. The molecule has 0 aromatic heterocycles. The van der Waals surface area contributed by atoms with Crippen molar-refractivity contribution in [3.63, 3.8) is 0 Å². The van der Waals surface area contributed by atoms with Crippen molar-refractivity contribution in [1.82, 2.24) is 4.90 Å². The van der Waals surface area contributed by atoms with Crippen molar-refractivity contribution in [2.24, 2.45) is 5.92 Å². The number of halogens is 2. The average molecular weight is 316 g/mol. The summed E-state index contributed by atoms with van der Waals surface area (Å²) in [5.74, 6) is -1.32. The average Bonchev–Trinajstić information content (AvgIpc) is 2.34. The molecule has 1 aromatic carbocycles. The second-order valence-corrected chi connectivity index (χ2v) is 5.56. The Morgan fingerprint density at radius 3 is 3.06 bits per heavy atom. The van der Waals surface area contributed by atoms with Crippen molar-refractivity contribution >= 4 is 21.9 Å². The number of carboxylic acid groups (broad SMARTS) is 1. The SMILES string of the molecule is O=C(O)[C@@H]1CCCN(Cc2cc(Br)ccc2F)C1. The molecule has 1 saturated heterocycles. The highest BCUT2D eigenvalue weighted by Crippen LogP contribution is 2.21. The maximum atomic E-state index is 13.6. The summed E-state index contributed by atoms with van der Waals surface area (Å²) in [5, 5.41) is 9.01. The lowest BCUT2D eigenvalue weighted by atomic mass is 9.98. The van der Waals surface area contributed by atoms with Gasteiger partial charge in [-0.15, -0.1) is 0 Å². The molecule has 0 saturated carbocycles. The van der Waals surface area contributed by atoms with Crippen molar-refractivity contribution in [3.05, 3.63) is 34.1 Å². The highest BCUT2D eigenvalue weighted by molar-refractivity contribution is 9.10. The van der Waals surface area contributed by atoms with Crippen LogP contribution in [0.2, 0.25) is 0 Å². The van der Waals surface area contributed by atoms with Crippen LogP contribution in [0.15, 0.2) is 22.7 Å². The van der Waals surface area contributed by atoms with E-state index in [2.05, 4.69) is 15.9 Å². The molecular weight excluding hydrogens is 301 g/mol. The van der Waals surface area contributed by atoms with Gasteiger partial charge in [0.1, 0.15) is 5.82 Å². The minimum atomic E-state index is -0.755. The van der Waals surface area contributed by atoms with Crippen LogP contribution in [0.3, 0.4) is 0 Å². The maximum absolute atomic E-state index is 13.6.